The predicted molar refractivity (Wildman–Crippen MR) is 204 cm³/mol. The zero-order valence-corrected chi connectivity index (χ0v) is 31.1. The lowest BCUT2D eigenvalue weighted by Gasteiger charge is -2.37. The van der Waals surface area contributed by atoms with E-state index in [2.05, 4.69) is 79.5 Å². The van der Waals surface area contributed by atoms with Gasteiger partial charge in [-0.2, -0.15) is 0 Å². The van der Waals surface area contributed by atoms with Gasteiger partial charge in [-0.25, -0.2) is 0 Å². The Morgan fingerprint density at radius 3 is 1.15 bits per heavy atom. The van der Waals surface area contributed by atoms with Crippen molar-refractivity contribution in [3.05, 3.63) is 60.8 Å². The zero-order chi connectivity index (χ0) is 33.7. The van der Waals surface area contributed by atoms with Gasteiger partial charge in [0.05, 0.1) is 25.4 Å². The van der Waals surface area contributed by atoms with Crippen LogP contribution in [0.5, 0.6) is 0 Å². The number of unbranched alkanes of at least 4 members (excludes halogenated alkanes) is 15. The minimum atomic E-state index is -0.473. The van der Waals surface area contributed by atoms with Crippen LogP contribution in [0.3, 0.4) is 0 Å². The van der Waals surface area contributed by atoms with Crippen molar-refractivity contribution in [2.24, 2.45) is 0 Å². The topological polar surface area (TPSA) is 41.9 Å². The summed E-state index contributed by atoms with van der Waals surface area (Å²) >= 11 is 0. The van der Waals surface area contributed by atoms with E-state index in [-0.39, 0.29) is 6.61 Å². The summed E-state index contributed by atoms with van der Waals surface area (Å²) in [7, 11) is 4.02. The minimum absolute atomic E-state index is 0.0399. The third-order valence-electron chi connectivity index (χ3n) is 8.65. The maximum absolute atomic E-state index is 10.2. The highest BCUT2D eigenvalue weighted by Gasteiger charge is 2.33. The molecule has 0 saturated heterocycles. The highest BCUT2D eigenvalue weighted by atomic mass is 16.5. The minimum Gasteiger partial charge on any atom is -0.394 e. The molecule has 0 aliphatic heterocycles. The van der Waals surface area contributed by atoms with Crippen LogP contribution in [-0.4, -0.2) is 62.7 Å². The summed E-state index contributed by atoms with van der Waals surface area (Å²) in [6, 6.07) is 0. The first-order valence-corrected chi connectivity index (χ1v) is 19.3. The third-order valence-corrected chi connectivity index (χ3v) is 8.65. The van der Waals surface area contributed by atoms with Crippen molar-refractivity contribution in [1.29, 1.82) is 0 Å². The Labute approximate surface area is 287 Å². The largest absolute Gasteiger partial charge is 0.394 e. The fraction of sp³-hybridized carbons (Fsp3) is 0.762. The molecule has 0 aromatic heterocycles. The molecule has 1 unspecified atom stereocenters. The van der Waals surface area contributed by atoms with Gasteiger partial charge in [0.25, 0.3) is 0 Å². The molecular formula is C42H77NO3. The summed E-state index contributed by atoms with van der Waals surface area (Å²) in [5, 5.41) is 10.2. The number of hydrogen-bond acceptors (Lipinski definition) is 4. The summed E-state index contributed by atoms with van der Waals surface area (Å²) in [5.74, 6) is 0. The van der Waals surface area contributed by atoms with E-state index in [9.17, 15) is 5.11 Å². The first-order chi connectivity index (χ1) is 22.6. The number of hydrogen-bond donors (Lipinski definition) is 1. The molecule has 4 nitrogen and oxygen atoms in total. The molecule has 0 bridgehead atoms. The molecule has 0 radical (unpaired) electrons. The van der Waals surface area contributed by atoms with Crippen LogP contribution >= 0.6 is 0 Å². The average molecular weight is 644 g/mol. The van der Waals surface area contributed by atoms with Gasteiger partial charge in [0.2, 0.25) is 0 Å². The first kappa shape index (κ1) is 44.5. The van der Waals surface area contributed by atoms with Gasteiger partial charge in [0, 0.05) is 13.2 Å². The summed E-state index contributed by atoms with van der Waals surface area (Å²) < 4.78 is 12.1. The first-order valence-electron chi connectivity index (χ1n) is 19.3. The van der Waals surface area contributed by atoms with Crippen molar-refractivity contribution in [1.82, 2.24) is 4.90 Å². The second-order valence-corrected chi connectivity index (χ2v) is 13.2. The molecular weight excluding hydrogens is 566 g/mol. The van der Waals surface area contributed by atoms with Crippen LogP contribution in [0.4, 0.5) is 0 Å². The predicted octanol–water partition coefficient (Wildman–Crippen LogP) is 11.7. The van der Waals surface area contributed by atoms with Gasteiger partial charge in [-0.1, -0.05) is 132 Å². The Morgan fingerprint density at radius 1 is 0.457 bits per heavy atom. The van der Waals surface area contributed by atoms with Crippen LogP contribution in [0.25, 0.3) is 0 Å². The van der Waals surface area contributed by atoms with E-state index in [1.807, 2.05) is 14.1 Å². The van der Waals surface area contributed by atoms with Crippen LogP contribution in [0, 0.1) is 0 Å². The van der Waals surface area contributed by atoms with Crippen molar-refractivity contribution in [3.63, 3.8) is 0 Å². The molecule has 0 fully saturated rings. The Kier molecular flexibility index (Phi) is 35.2. The second kappa shape index (κ2) is 36.4. The van der Waals surface area contributed by atoms with Crippen molar-refractivity contribution in [3.8, 4) is 0 Å². The summed E-state index contributed by atoms with van der Waals surface area (Å²) in [6.45, 7) is 7.04. The lowest BCUT2D eigenvalue weighted by Crippen LogP contribution is -2.55. The second-order valence-electron chi connectivity index (χ2n) is 13.2. The number of aliphatic hydroxyl groups is 1. The van der Waals surface area contributed by atoms with Crippen molar-refractivity contribution in [2.75, 3.05) is 47.1 Å². The molecule has 0 saturated carbocycles. The molecule has 1 N–H and O–H groups in total. The van der Waals surface area contributed by atoms with Gasteiger partial charge in [-0.3, -0.25) is 4.90 Å². The lowest BCUT2D eigenvalue weighted by atomic mass is 10.0. The zero-order valence-electron chi connectivity index (χ0n) is 31.1. The van der Waals surface area contributed by atoms with E-state index in [1.165, 1.54) is 103 Å². The van der Waals surface area contributed by atoms with Crippen LogP contribution < -0.4 is 0 Å². The van der Waals surface area contributed by atoms with E-state index < -0.39 is 5.54 Å². The quantitative estimate of drug-likeness (QED) is 0.0551. The Hall–Kier alpha value is -1.46. The molecule has 0 aromatic carbocycles. The van der Waals surface area contributed by atoms with Gasteiger partial charge >= 0.3 is 0 Å². The number of aliphatic hydroxyl groups excluding tert-OH is 1. The van der Waals surface area contributed by atoms with E-state index in [0.29, 0.717) is 13.2 Å². The SMILES string of the molecule is CCCCC/C=C\C/C=C\C/C=C/CCCCCOCC(CO)(COCCCCCCCC/C=C\C/C=C\CCCCC)N(C)C. The molecule has 268 valence electrons. The molecule has 0 aliphatic carbocycles. The number of ether oxygens (including phenoxy) is 2. The Bertz CT molecular complexity index is 754. The van der Waals surface area contributed by atoms with E-state index >= 15 is 0 Å². The number of nitrogens with zero attached hydrogens (tertiary/aromatic N) is 1. The van der Waals surface area contributed by atoms with Gasteiger partial charge in [-0.05, 0) is 97.6 Å². The maximum Gasteiger partial charge on any atom is 0.0907 e. The number of likely N-dealkylation sites (N-methyl/N-ethyl adjacent to an activating group) is 1. The Morgan fingerprint density at radius 2 is 0.783 bits per heavy atom. The number of rotatable bonds is 35. The summed E-state index contributed by atoms with van der Waals surface area (Å²) in [6.07, 6.45) is 49.8. The fourth-order valence-electron chi connectivity index (χ4n) is 5.18. The molecule has 46 heavy (non-hydrogen) atoms. The van der Waals surface area contributed by atoms with E-state index in [4.69, 9.17) is 9.47 Å². The molecule has 0 rings (SSSR count). The van der Waals surface area contributed by atoms with Crippen molar-refractivity contribution >= 4 is 0 Å². The molecule has 0 aliphatic rings. The highest BCUT2D eigenvalue weighted by Crippen LogP contribution is 2.15. The van der Waals surface area contributed by atoms with Gasteiger partial charge < -0.3 is 14.6 Å². The van der Waals surface area contributed by atoms with Crippen LogP contribution in [0.1, 0.15) is 155 Å². The van der Waals surface area contributed by atoms with Gasteiger partial charge in [0.15, 0.2) is 0 Å². The molecule has 0 heterocycles. The molecule has 1 atom stereocenters. The average Bonchev–Trinajstić information content (AvgIpc) is 3.06. The monoisotopic (exact) mass is 644 g/mol. The highest BCUT2D eigenvalue weighted by molar-refractivity contribution is 4.97. The molecule has 4 heteroatoms. The van der Waals surface area contributed by atoms with Crippen LogP contribution in [0.2, 0.25) is 0 Å². The standard InChI is InChI=1S/C42H77NO3/c1-5-7-9-11-13-15-17-19-21-23-25-27-29-31-33-35-37-45-40-42(39-44,43(3)4)41-46-38-36-34-32-30-28-26-24-22-20-18-16-14-12-10-8-6-2/h13-16,19-22,25,27,44H,5-12,17-18,23-24,26,28-41H2,1-4H3/b15-13-,16-14-,21-19-,22-20-,27-25+. The maximum atomic E-state index is 10.2. The fourth-order valence-corrected chi connectivity index (χ4v) is 5.18. The smallest absolute Gasteiger partial charge is 0.0907 e. The number of allylic oxidation sites excluding steroid dienone is 10. The van der Waals surface area contributed by atoms with Crippen LogP contribution in [-0.2, 0) is 9.47 Å². The molecule has 0 spiro atoms. The normalized spacial score (nSPS) is 14.0. The van der Waals surface area contributed by atoms with E-state index in [0.717, 1.165) is 51.7 Å². The Balaban J connectivity index is 3.78. The summed E-state index contributed by atoms with van der Waals surface area (Å²) in [4.78, 5) is 2.06. The van der Waals surface area contributed by atoms with Crippen molar-refractivity contribution < 1.29 is 14.6 Å². The van der Waals surface area contributed by atoms with Gasteiger partial charge in [-0.15, -0.1) is 0 Å². The molecule has 0 aromatic rings. The van der Waals surface area contributed by atoms with Crippen molar-refractivity contribution in [2.45, 2.75) is 161 Å². The van der Waals surface area contributed by atoms with E-state index in [1.54, 1.807) is 0 Å². The van der Waals surface area contributed by atoms with Crippen LogP contribution in [0.15, 0.2) is 60.8 Å². The summed E-state index contributed by atoms with van der Waals surface area (Å²) in [5.41, 5.74) is -0.473. The lowest BCUT2D eigenvalue weighted by molar-refractivity contribution is -0.0684. The third kappa shape index (κ3) is 29.9. The van der Waals surface area contributed by atoms with Gasteiger partial charge in [0.1, 0.15) is 0 Å². The molecule has 0 amide bonds.